The Bertz CT molecular complexity index is 756. The van der Waals surface area contributed by atoms with Crippen LogP contribution in [0.2, 0.25) is 0 Å². The van der Waals surface area contributed by atoms with Gasteiger partial charge in [0.2, 0.25) is 10.0 Å². The van der Waals surface area contributed by atoms with Crippen molar-refractivity contribution in [2.75, 3.05) is 13.1 Å². The molecule has 0 spiro atoms. The van der Waals surface area contributed by atoms with Crippen molar-refractivity contribution < 1.29 is 13.5 Å². The fourth-order valence-corrected chi connectivity index (χ4v) is 6.42. The van der Waals surface area contributed by atoms with Gasteiger partial charge in [-0.2, -0.15) is 4.31 Å². The summed E-state index contributed by atoms with van der Waals surface area (Å²) in [5.41, 5.74) is 1.06. The predicted octanol–water partition coefficient (Wildman–Crippen LogP) is 2.97. The molecule has 1 heterocycles. The molecule has 0 bridgehead atoms. The number of hydrogen-bond donors (Lipinski definition) is 1. The molecule has 2 aliphatic carbocycles. The fourth-order valence-electron chi connectivity index (χ4n) is 4.88. The summed E-state index contributed by atoms with van der Waals surface area (Å²) < 4.78 is 27.6. The summed E-state index contributed by atoms with van der Waals surface area (Å²) in [5, 5.41) is 10.7. The molecule has 0 radical (unpaired) electrons. The molecular weight excluding hydrogens is 334 g/mol. The van der Waals surface area contributed by atoms with Crippen LogP contribution in [0.1, 0.15) is 31.2 Å². The maximum Gasteiger partial charge on any atom is 0.243 e. The van der Waals surface area contributed by atoms with E-state index in [9.17, 15) is 13.5 Å². The number of allylic oxidation sites excluding steroid dienone is 1. The van der Waals surface area contributed by atoms with E-state index in [1.807, 2.05) is 19.1 Å². The molecule has 0 aromatic heterocycles. The molecule has 1 N–H and O–H groups in total. The lowest BCUT2D eigenvalue weighted by Crippen LogP contribution is -2.31. The van der Waals surface area contributed by atoms with Crippen molar-refractivity contribution in [3.63, 3.8) is 0 Å². The number of hydrogen-bond acceptors (Lipinski definition) is 3. The quantitative estimate of drug-likeness (QED) is 0.824. The van der Waals surface area contributed by atoms with Gasteiger partial charge < -0.3 is 5.11 Å². The van der Waals surface area contributed by atoms with Gasteiger partial charge >= 0.3 is 0 Å². The SMILES string of the molecule is Cc1ccc(S(=O)(=O)N2CC3/C=C\C4CCCC4C(O)CC3C2)cc1. The average Bonchev–Trinajstić information content (AvgIpc) is 3.19. The van der Waals surface area contributed by atoms with Crippen molar-refractivity contribution in [3.8, 4) is 0 Å². The Morgan fingerprint density at radius 1 is 1.04 bits per heavy atom. The molecule has 1 saturated heterocycles. The third kappa shape index (κ3) is 3.18. The van der Waals surface area contributed by atoms with Gasteiger partial charge in [0.1, 0.15) is 0 Å². The molecule has 1 aromatic carbocycles. The van der Waals surface area contributed by atoms with Crippen LogP contribution in [0.3, 0.4) is 0 Å². The number of rotatable bonds is 2. The van der Waals surface area contributed by atoms with Gasteiger partial charge in [-0.3, -0.25) is 0 Å². The first-order chi connectivity index (χ1) is 11.9. The van der Waals surface area contributed by atoms with Gasteiger partial charge in [-0.05, 0) is 62.0 Å². The van der Waals surface area contributed by atoms with Crippen LogP contribution in [-0.4, -0.2) is 37.0 Å². The van der Waals surface area contributed by atoms with Crippen molar-refractivity contribution in [2.24, 2.45) is 23.7 Å². The van der Waals surface area contributed by atoms with E-state index in [1.165, 1.54) is 6.42 Å². The average molecular weight is 362 g/mol. The Morgan fingerprint density at radius 2 is 1.76 bits per heavy atom. The first-order valence-corrected chi connectivity index (χ1v) is 10.8. The van der Waals surface area contributed by atoms with E-state index in [-0.39, 0.29) is 17.9 Å². The number of aliphatic hydroxyl groups is 1. The Labute approximate surface area is 150 Å². The molecule has 5 heteroatoms. The summed E-state index contributed by atoms with van der Waals surface area (Å²) in [6, 6.07) is 7.08. The predicted molar refractivity (Wildman–Crippen MR) is 97.5 cm³/mol. The van der Waals surface area contributed by atoms with Crippen molar-refractivity contribution in [1.82, 2.24) is 4.31 Å². The smallest absolute Gasteiger partial charge is 0.243 e. The van der Waals surface area contributed by atoms with E-state index in [0.717, 1.165) is 24.8 Å². The Hall–Kier alpha value is -1.17. The van der Waals surface area contributed by atoms with Gasteiger partial charge in [0.05, 0.1) is 11.0 Å². The summed E-state index contributed by atoms with van der Waals surface area (Å²) in [7, 11) is -3.46. The monoisotopic (exact) mass is 361 g/mol. The molecule has 5 atom stereocenters. The number of sulfonamides is 1. The third-order valence-corrected chi connectivity index (χ3v) is 8.23. The molecule has 2 fully saturated rings. The first kappa shape index (κ1) is 17.3. The largest absolute Gasteiger partial charge is 0.393 e. The van der Waals surface area contributed by atoms with Crippen LogP contribution in [0.4, 0.5) is 0 Å². The van der Waals surface area contributed by atoms with E-state index >= 15 is 0 Å². The lowest BCUT2D eigenvalue weighted by atomic mass is 9.79. The highest BCUT2D eigenvalue weighted by Crippen LogP contribution is 2.42. The van der Waals surface area contributed by atoms with Gasteiger partial charge in [0.15, 0.2) is 0 Å². The zero-order valence-electron chi connectivity index (χ0n) is 14.7. The molecule has 4 rings (SSSR count). The van der Waals surface area contributed by atoms with Crippen LogP contribution >= 0.6 is 0 Å². The second-order valence-corrected chi connectivity index (χ2v) is 9.94. The normalized spacial score (nSPS) is 37.1. The highest BCUT2D eigenvalue weighted by Gasteiger charge is 2.42. The number of aliphatic hydroxyl groups excluding tert-OH is 1. The molecule has 1 aromatic rings. The lowest BCUT2D eigenvalue weighted by Gasteiger charge is -2.29. The van der Waals surface area contributed by atoms with Gasteiger partial charge in [0, 0.05) is 13.1 Å². The zero-order valence-corrected chi connectivity index (χ0v) is 15.5. The summed E-state index contributed by atoms with van der Waals surface area (Å²) in [4.78, 5) is 0.369. The Morgan fingerprint density at radius 3 is 2.52 bits per heavy atom. The fraction of sp³-hybridized carbons (Fsp3) is 0.600. The van der Waals surface area contributed by atoms with Gasteiger partial charge in [-0.25, -0.2) is 8.42 Å². The summed E-state index contributed by atoms with van der Waals surface area (Å²) in [6.07, 6.45) is 8.37. The van der Waals surface area contributed by atoms with Crippen molar-refractivity contribution >= 4 is 10.0 Å². The number of benzene rings is 1. The van der Waals surface area contributed by atoms with Crippen LogP contribution in [0.25, 0.3) is 0 Å². The molecule has 0 amide bonds. The molecule has 5 unspecified atom stereocenters. The Balaban J connectivity index is 1.57. The highest BCUT2D eigenvalue weighted by atomic mass is 32.2. The number of nitrogens with zero attached hydrogens (tertiary/aromatic N) is 1. The summed E-state index contributed by atoms with van der Waals surface area (Å²) >= 11 is 0. The topological polar surface area (TPSA) is 57.6 Å². The standard InChI is InChI=1S/C20H27NO3S/c1-14-5-9-18(10-6-14)25(23,24)21-12-16-8-7-15-3-2-4-19(15)20(22)11-17(16)13-21/h5-10,15-17,19-20,22H,2-4,11-13H2,1H3/b8-7-. The van der Waals surface area contributed by atoms with Crippen molar-refractivity contribution in [3.05, 3.63) is 42.0 Å². The third-order valence-electron chi connectivity index (χ3n) is 6.39. The van der Waals surface area contributed by atoms with Crippen LogP contribution in [0.5, 0.6) is 0 Å². The van der Waals surface area contributed by atoms with E-state index in [0.29, 0.717) is 29.8 Å². The van der Waals surface area contributed by atoms with Crippen molar-refractivity contribution in [1.29, 1.82) is 0 Å². The second-order valence-electron chi connectivity index (χ2n) is 8.01. The van der Waals surface area contributed by atoms with Gasteiger partial charge in [-0.15, -0.1) is 0 Å². The number of fused-ring (bicyclic) bond motifs is 2. The summed E-state index contributed by atoms with van der Waals surface area (Å²) in [5.74, 6) is 1.27. The van der Waals surface area contributed by atoms with Gasteiger partial charge in [0.25, 0.3) is 0 Å². The second kappa shape index (κ2) is 6.53. The molecule has 25 heavy (non-hydrogen) atoms. The minimum absolute atomic E-state index is 0.216. The van der Waals surface area contributed by atoms with Gasteiger partial charge in [-0.1, -0.05) is 36.3 Å². The molecule has 1 saturated carbocycles. The molecule has 1 aliphatic heterocycles. The van der Waals surface area contributed by atoms with Crippen LogP contribution in [0, 0.1) is 30.6 Å². The lowest BCUT2D eigenvalue weighted by molar-refractivity contribution is 0.0665. The van der Waals surface area contributed by atoms with E-state index in [2.05, 4.69) is 12.2 Å². The minimum atomic E-state index is -3.46. The Kier molecular flexibility index (Phi) is 4.50. The molecular formula is C20H27NO3S. The minimum Gasteiger partial charge on any atom is -0.393 e. The molecule has 136 valence electrons. The van der Waals surface area contributed by atoms with E-state index in [4.69, 9.17) is 0 Å². The van der Waals surface area contributed by atoms with Crippen LogP contribution < -0.4 is 0 Å². The number of aryl methyl sites for hydroxylation is 1. The molecule has 4 nitrogen and oxygen atoms in total. The first-order valence-electron chi connectivity index (χ1n) is 9.38. The van der Waals surface area contributed by atoms with Crippen LogP contribution in [-0.2, 0) is 10.0 Å². The van der Waals surface area contributed by atoms with Crippen molar-refractivity contribution in [2.45, 2.75) is 43.6 Å². The highest BCUT2D eigenvalue weighted by molar-refractivity contribution is 7.89. The maximum atomic E-state index is 13.0. The van der Waals surface area contributed by atoms with E-state index < -0.39 is 10.0 Å². The zero-order chi connectivity index (χ0) is 17.6. The van der Waals surface area contributed by atoms with E-state index in [1.54, 1.807) is 16.4 Å². The summed E-state index contributed by atoms with van der Waals surface area (Å²) in [6.45, 7) is 3.00. The van der Waals surface area contributed by atoms with Crippen LogP contribution in [0.15, 0.2) is 41.3 Å². The maximum absolute atomic E-state index is 13.0. The molecule has 3 aliphatic rings.